The minimum atomic E-state index is -3.57. The number of nitrogens with one attached hydrogen (secondary N) is 2. The van der Waals surface area contributed by atoms with Gasteiger partial charge in [-0.05, 0) is 68.3 Å². The van der Waals surface area contributed by atoms with Gasteiger partial charge >= 0.3 is 0 Å². The molecule has 142 valence electrons. The number of halogens is 1. The average Bonchev–Trinajstić information content (AvgIpc) is 2.58. The van der Waals surface area contributed by atoms with Crippen LogP contribution in [0.4, 0.5) is 0 Å². The molecule has 0 radical (unpaired) electrons. The summed E-state index contributed by atoms with van der Waals surface area (Å²) in [6.45, 7) is 1.28. The van der Waals surface area contributed by atoms with Crippen molar-refractivity contribution in [2.45, 2.75) is 49.8 Å². The molecule has 0 heterocycles. The molecule has 8 heteroatoms. The zero-order chi connectivity index (χ0) is 17.4. The summed E-state index contributed by atoms with van der Waals surface area (Å²) in [5, 5.41) is 2.76. The fourth-order valence-corrected chi connectivity index (χ4v) is 3.93. The minimum absolute atomic E-state index is 0. The summed E-state index contributed by atoms with van der Waals surface area (Å²) in [6.07, 6.45) is 6.06. The Hall–Kier alpha value is -1.15. The van der Waals surface area contributed by atoms with Crippen molar-refractivity contribution < 1.29 is 13.2 Å². The molecule has 0 saturated carbocycles. The number of benzene rings is 1. The van der Waals surface area contributed by atoms with Crippen molar-refractivity contribution in [3.05, 3.63) is 29.3 Å². The molecule has 0 aromatic heterocycles. The molecule has 0 aliphatic heterocycles. The highest BCUT2D eigenvalue weighted by Crippen LogP contribution is 2.23. The number of aryl methyl sites for hydroxylation is 2. The molecule has 25 heavy (non-hydrogen) atoms. The predicted molar refractivity (Wildman–Crippen MR) is 101 cm³/mol. The van der Waals surface area contributed by atoms with Gasteiger partial charge in [0.15, 0.2) is 0 Å². The number of unbranched alkanes of at least 4 members (excludes halogenated alkanes) is 1. The quantitative estimate of drug-likeness (QED) is 0.557. The second-order valence-corrected chi connectivity index (χ2v) is 7.90. The van der Waals surface area contributed by atoms with Crippen molar-refractivity contribution in [3.8, 4) is 0 Å². The Morgan fingerprint density at radius 1 is 1.08 bits per heavy atom. The Labute approximate surface area is 156 Å². The topological polar surface area (TPSA) is 101 Å². The van der Waals surface area contributed by atoms with E-state index in [-0.39, 0.29) is 36.2 Å². The predicted octanol–water partition coefficient (Wildman–Crippen LogP) is 1.51. The molecule has 0 atom stereocenters. The van der Waals surface area contributed by atoms with Crippen molar-refractivity contribution >= 4 is 28.3 Å². The highest BCUT2D eigenvalue weighted by atomic mass is 35.5. The fraction of sp³-hybridized carbons (Fsp3) is 0.588. The third-order valence-electron chi connectivity index (χ3n) is 4.23. The van der Waals surface area contributed by atoms with Crippen LogP contribution in [0.3, 0.4) is 0 Å². The first-order chi connectivity index (χ1) is 11.5. The van der Waals surface area contributed by atoms with Crippen LogP contribution in [0.25, 0.3) is 0 Å². The summed E-state index contributed by atoms with van der Waals surface area (Å²) in [4.78, 5) is 11.9. The van der Waals surface area contributed by atoms with E-state index in [2.05, 4.69) is 10.0 Å². The summed E-state index contributed by atoms with van der Waals surface area (Å²) >= 11 is 0. The molecule has 0 saturated heterocycles. The maximum Gasteiger partial charge on any atom is 0.240 e. The maximum absolute atomic E-state index is 12.3. The van der Waals surface area contributed by atoms with Crippen LogP contribution in [0.2, 0.25) is 0 Å². The molecule has 4 N–H and O–H groups in total. The molecular weight excluding hydrogens is 362 g/mol. The molecule has 0 fully saturated rings. The minimum Gasteiger partial charge on any atom is -0.356 e. The van der Waals surface area contributed by atoms with E-state index in [0.29, 0.717) is 13.1 Å². The number of carbonyl (C=O) groups is 1. The average molecular weight is 390 g/mol. The van der Waals surface area contributed by atoms with Crippen LogP contribution in [0.1, 0.15) is 43.2 Å². The molecule has 0 spiro atoms. The summed E-state index contributed by atoms with van der Waals surface area (Å²) in [6, 6.07) is 5.33. The van der Waals surface area contributed by atoms with Crippen LogP contribution in [0.5, 0.6) is 0 Å². The number of nitrogens with two attached hydrogens (primary N) is 1. The van der Waals surface area contributed by atoms with Crippen molar-refractivity contribution in [1.29, 1.82) is 0 Å². The van der Waals surface area contributed by atoms with Gasteiger partial charge in [-0.3, -0.25) is 4.79 Å². The molecule has 0 unspecified atom stereocenters. The van der Waals surface area contributed by atoms with Crippen LogP contribution in [0.15, 0.2) is 23.1 Å². The highest BCUT2D eigenvalue weighted by molar-refractivity contribution is 7.89. The maximum atomic E-state index is 12.3. The largest absolute Gasteiger partial charge is 0.356 e. The highest BCUT2D eigenvalue weighted by Gasteiger charge is 2.17. The van der Waals surface area contributed by atoms with E-state index in [4.69, 9.17) is 5.73 Å². The van der Waals surface area contributed by atoms with Gasteiger partial charge in [0.2, 0.25) is 15.9 Å². The number of fused-ring (bicyclic) bond motifs is 1. The number of sulfonamides is 1. The molecule has 1 aromatic carbocycles. The normalized spacial score (nSPS) is 13.6. The van der Waals surface area contributed by atoms with Crippen molar-refractivity contribution in [2.75, 3.05) is 19.6 Å². The molecular formula is C17H28ClN3O3S. The third-order valence-corrected chi connectivity index (χ3v) is 5.69. The van der Waals surface area contributed by atoms with Crippen LogP contribution >= 0.6 is 12.4 Å². The van der Waals surface area contributed by atoms with Crippen molar-refractivity contribution in [2.24, 2.45) is 5.73 Å². The third kappa shape index (κ3) is 6.93. The first-order valence-corrected chi connectivity index (χ1v) is 10.1. The number of hydrogen-bond acceptors (Lipinski definition) is 4. The standard InChI is InChI=1S/C17H27N3O3S.ClH/c18-10-3-4-11-19-17(21)9-12-20-24(22,23)16-8-7-14-5-1-2-6-15(14)13-16;/h7-8,13,20H,1-6,9-12,18H2,(H,19,21);1H. The molecule has 1 amide bonds. The smallest absolute Gasteiger partial charge is 0.240 e. The molecule has 1 aliphatic rings. The Bertz CT molecular complexity index is 665. The van der Waals surface area contributed by atoms with Crippen molar-refractivity contribution in [1.82, 2.24) is 10.0 Å². The Balaban J connectivity index is 0.00000312. The second-order valence-electron chi connectivity index (χ2n) is 6.13. The SMILES string of the molecule is Cl.NCCCCNC(=O)CCNS(=O)(=O)c1ccc2c(c1)CCCC2. The van der Waals surface area contributed by atoms with E-state index < -0.39 is 10.0 Å². The summed E-state index contributed by atoms with van der Waals surface area (Å²) in [5.41, 5.74) is 7.76. The molecule has 0 bridgehead atoms. The van der Waals surface area contributed by atoms with Gasteiger partial charge in [-0.25, -0.2) is 13.1 Å². The lowest BCUT2D eigenvalue weighted by molar-refractivity contribution is -0.120. The number of carbonyl (C=O) groups excluding carboxylic acids is 1. The molecule has 1 aliphatic carbocycles. The first kappa shape index (κ1) is 21.9. The monoisotopic (exact) mass is 389 g/mol. The van der Waals surface area contributed by atoms with Gasteiger partial charge in [-0.15, -0.1) is 12.4 Å². The number of amides is 1. The Kier molecular flexibility index (Phi) is 9.42. The van der Waals surface area contributed by atoms with Crippen molar-refractivity contribution in [3.63, 3.8) is 0 Å². The van der Waals surface area contributed by atoms with Gasteiger partial charge in [-0.2, -0.15) is 0 Å². The van der Waals surface area contributed by atoms with Gasteiger partial charge in [0.05, 0.1) is 4.90 Å². The number of rotatable bonds is 9. The van der Waals surface area contributed by atoms with Gasteiger partial charge < -0.3 is 11.1 Å². The van der Waals surface area contributed by atoms with E-state index in [1.54, 1.807) is 12.1 Å². The Morgan fingerprint density at radius 3 is 2.52 bits per heavy atom. The molecule has 2 rings (SSSR count). The lowest BCUT2D eigenvalue weighted by Gasteiger charge is -2.16. The van der Waals surface area contributed by atoms with E-state index in [1.807, 2.05) is 6.07 Å². The molecule has 6 nitrogen and oxygen atoms in total. The Morgan fingerprint density at radius 2 is 1.80 bits per heavy atom. The van der Waals surface area contributed by atoms with Gasteiger partial charge in [0.25, 0.3) is 0 Å². The van der Waals surface area contributed by atoms with Crippen LogP contribution in [0, 0.1) is 0 Å². The number of hydrogen-bond donors (Lipinski definition) is 3. The van der Waals surface area contributed by atoms with E-state index in [1.165, 1.54) is 5.56 Å². The zero-order valence-corrected chi connectivity index (χ0v) is 16.1. The van der Waals surface area contributed by atoms with E-state index >= 15 is 0 Å². The van der Waals surface area contributed by atoms with Crippen LogP contribution in [-0.4, -0.2) is 34.0 Å². The van der Waals surface area contributed by atoms with E-state index in [0.717, 1.165) is 44.1 Å². The fourth-order valence-electron chi connectivity index (χ4n) is 2.84. The zero-order valence-electron chi connectivity index (χ0n) is 14.4. The summed E-state index contributed by atoms with van der Waals surface area (Å²) in [5.74, 6) is -0.153. The van der Waals surface area contributed by atoms with E-state index in [9.17, 15) is 13.2 Å². The van der Waals surface area contributed by atoms with Gasteiger partial charge in [0, 0.05) is 19.5 Å². The second kappa shape index (κ2) is 10.8. The van der Waals surface area contributed by atoms with Gasteiger partial charge in [0.1, 0.15) is 0 Å². The summed E-state index contributed by atoms with van der Waals surface area (Å²) < 4.78 is 27.2. The summed E-state index contributed by atoms with van der Waals surface area (Å²) in [7, 11) is -3.57. The van der Waals surface area contributed by atoms with Crippen LogP contribution < -0.4 is 15.8 Å². The van der Waals surface area contributed by atoms with Crippen LogP contribution in [-0.2, 0) is 27.7 Å². The lowest BCUT2D eigenvalue weighted by Crippen LogP contribution is -2.31. The lowest BCUT2D eigenvalue weighted by atomic mass is 9.92. The van der Waals surface area contributed by atoms with Gasteiger partial charge in [-0.1, -0.05) is 6.07 Å². The molecule has 1 aromatic rings. The first-order valence-electron chi connectivity index (χ1n) is 8.61.